The van der Waals surface area contributed by atoms with Gasteiger partial charge >= 0.3 is 0 Å². The first-order valence-electron chi connectivity index (χ1n) is 8.79. The number of pyridine rings is 1. The van der Waals surface area contributed by atoms with Crippen LogP contribution in [0.25, 0.3) is 10.9 Å². The van der Waals surface area contributed by atoms with Crippen molar-refractivity contribution in [1.29, 1.82) is 0 Å². The Bertz CT molecular complexity index is 730. The van der Waals surface area contributed by atoms with Crippen LogP contribution in [0.3, 0.4) is 0 Å². The summed E-state index contributed by atoms with van der Waals surface area (Å²) in [7, 11) is 1.68. The van der Waals surface area contributed by atoms with E-state index in [0.717, 1.165) is 60.8 Å². The molecule has 2 heterocycles. The van der Waals surface area contributed by atoms with Gasteiger partial charge in [-0.25, -0.2) is 4.98 Å². The fourth-order valence-corrected chi connectivity index (χ4v) is 3.40. The first-order valence-corrected chi connectivity index (χ1v) is 9.17. The highest BCUT2D eigenvalue weighted by Gasteiger charge is 2.21. The Labute approximate surface area is 154 Å². The molecule has 0 amide bonds. The summed E-state index contributed by atoms with van der Waals surface area (Å²) in [5.41, 5.74) is 3.08. The number of benzene rings is 1. The molecule has 0 radical (unpaired) electrons. The summed E-state index contributed by atoms with van der Waals surface area (Å²) in [6, 6.07) is 5.94. The quantitative estimate of drug-likeness (QED) is 0.796. The van der Waals surface area contributed by atoms with Crippen LogP contribution in [-0.2, 0) is 11.3 Å². The van der Waals surface area contributed by atoms with E-state index in [4.69, 9.17) is 21.1 Å². The van der Waals surface area contributed by atoms with Crippen molar-refractivity contribution >= 4 is 28.2 Å². The molecule has 0 bridgehead atoms. The van der Waals surface area contributed by atoms with Crippen LogP contribution in [0.1, 0.15) is 19.4 Å². The van der Waals surface area contributed by atoms with Gasteiger partial charge in [0.2, 0.25) is 0 Å². The van der Waals surface area contributed by atoms with E-state index in [-0.39, 0.29) is 0 Å². The van der Waals surface area contributed by atoms with Crippen molar-refractivity contribution in [1.82, 2.24) is 10.3 Å². The molecule has 1 aromatic heterocycles. The Morgan fingerprint density at radius 1 is 1.32 bits per heavy atom. The van der Waals surface area contributed by atoms with Gasteiger partial charge in [-0.15, -0.1) is 0 Å². The molecular weight excluding hydrogens is 338 g/mol. The van der Waals surface area contributed by atoms with Crippen LogP contribution in [0.2, 0.25) is 5.15 Å². The summed E-state index contributed by atoms with van der Waals surface area (Å²) in [5, 5.41) is 5.14. The maximum atomic E-state index is 6.58. The number of morpholine rings is 1. The summed E-state index contributed by atoms with van der Waals surface area (Å²) < 4.78 is 11.0. The molecule has 25 heavy (non-hydrogen) atoms. The molecule has 1 N–H and O–H groups in total. The van der Waals surface area contributed by atoms with Gasteiger partial charge in [0.1, 0.15) is 10.9 Å². The monoisotopic (exact) mass is 363 g/mol. The lowest BCUT2D eigenvalue weighted by Crippen LogP contribution is -2.37. The summed E-state index contributed by atoms with van der Waals surface area (Å²) in [6.45, 7) is 9.18. The average molecular weight is 364 g/mol. The van der Waals surface area contributed by atoms with E-state index in [2.05, 4.69) is 35.1 Å². The first-order chi connectivity index (χ1) is 12.1. The topological polar surface area (TPSA) is 46.6 Å². The van der Waals surface area contributed by atoms with Gasteiger partial charge < -0.3 is 19.7 Å². The number of aromatic nitrogens is 1. The van der Waals surface area contributed by atoms with E-state index in [1.807, 2.05) is 12.1 Å². The molecule has 0 spiro atoms. The van der Waals surface area contributed by atoms with Gasteiger partial charge in [-0.3, -0.25) is 0 Å². The molecule has 6 heteroatoms. The predicted molar refractivity (Wildman–Crippen MR) is 103 cm³/mol. The lowest BCUT2D eigenvalue weighted by atomic mass is 10.1. The summed E-state index contributed by atoms with van der Waals surface area (Å²) in [6.07, 6.45) is 0. The normalized spacial score (nSPS) is 15.2. The van der Waals surface area contributed by atoms with Crippen molar-refractivity contribution in [2.45, 2.75) is 20.4 Å². The number of hydrogen-bond acceptors (Lipinski definition) is 5. The number of fused-ring (bicyclic) bond motifs is 1. The predicted octanol–water partition coefficient (Wildman–Crippen LogP) is 3.48. The van der Waals surface area contributed by atoms with E-state index in [1.165, 1.54) is 0 Å². The summed E-state index contributed by atoms with van der Waals surface area (Å²) in [4.78, 5) is 6.97. The molecule has 3 rings (SSSR count). The van der Waals surface area contributed by atoms with Gasteiger partial charge in [0.05, 0.1) is 31.5 Å². The second-order valence-electron chi connectivity index (χ2n) is 6.74. The third-order valence-electron chi connectivity index (χ3n) is 4.39. The van der Waals surface area contributed by atoms with E-state index in [0.29, 0.717) is 17.6 Å². The maximum Gasteiger partial charge on any atom is 0.136 e. The van der Waals surface area contributed by atoms with Crippen molar-refractivity contribution in [2.24, 2.45) is 5.92 Å². The molecule has 0 saturated carbocycles. The minimum atomic E-state index is 0.565. The number of nitrogens with zero attached hydrogens (tertiary/aromatic N) is 2. The number of nitrogens with one attached hydrogen (secondary N) is 1. The number of halogens is 1. The van der Waals surface area contributed by atoms with Gasteiger partial charge in [-0.1, -0.05) is 25.4 Å². The van der Waals surface area contributed by atoms with Crippen molar-refractivity contribution < 1.29 is 9.47 Å². The lowest BCUT2D eigenvalue weighted by Gasteiger charge is -2.32. The minimum Gasteiger partial charge on any atom is -0.497 e. The zero-order valence-corrected chi connectivity index (χ0v) is 15.9. The van der Waals surface area contributed by atoms with Gasteiger partial charge in [-0.2, -0.15) is 0 Å². The van der Waals surface area contributed by atoms with E-state index < -0.39 is 0 Å². The van der Waals surface area contributed by atoms with Gasteiger partial charge in [-0.05, 0) is 30.7 Å². The minimum absolute atomic E-state index is 0.565. The van der Waals surface area contributed by atoms with Gasteiger partial charge in [0.15, 0.2) is 0 Å². The standard InChI is InChI=1S/C19H26ClN3O2/c1-13(2)11-21-12-16-18(23-6-8-25-9-7-23)15-10-14(24-3)4-5-17(15)22-19(16)20/h4-5,10,13,21H,6-9,11-12H2,1-3H3. The second kappa shape index (κ2) is 8.21. The largest absolute Gasteiger partial charge is 0.497 e. The van der Waals surface area contributed by atoms with Crippen LogP contribution >= 0.6 is 11.6 Å². The van der Waals surface area contributed by atoms with Crippen LogP contribution in [0, 0.1) is 5.92 Å². The molecule has 5 nitrogen and oxygen atoms in total. The lowest BCUT2D eigenvalue weighted by molar-refractivity contribution is 0.122. The van der Waals surface area contributed by atoms with Crippen LogP contribution in [0.4, 0.5) is 5.69 Å². The molecule has 1 aliphatic rings. The zero-order valence-electron chi connectivity index (χ0n) is 15.1. The van der Waals surface area contributed by atoms with E-state index in [9.17, 15) is 0 Å². The molecule has 1 saturated heterocycles. The third kappa shape index (κ3) is 4.17. The molecule has 1 fully saturated rings. The fraction of sp³-hybridized carbons (Fsp3) is 0.526. The van der Waals surface area contributed by atoms with Crippen LogP contribution in [0.5, 0.6) is 5.75 Å². The second-order valence-corrected chi connectivity index (χ2v) is 7.10. The highest BCUT2D eigenvalue weighted by atomic mass is 35.5. The highest BCUT2D eigenvalue weighted by molar-refractivity contribution is 6.31. The van der Waals surface area contributed by atoms with Gasteiger partial charge in [0, 0.05) is 30.6 Å². The SMILES string of the molecule is COc1ccc2nc(Cl)c(CNCC(C)C)c(N3CCOCC3)c2c1. The van der Waals surface area contributed by atoms with E-state index >= 15 is 0 Å². The zero-order chi connectivity index (χ0) is 17.8. The average Bonchev–Trinajstić information content (AvgIpc) is 2.62. The molecule has 2 aromatic rings. The number of hydrogen-bond donors (Lipinski definition) is 1. The summed E-state index contributed by atoms with van der Waals surface area (Å²) >= 11 is 6.58. The highest BCUT2D eigenvalue weighted by Crippen LogP contribution is 2.36. The molecule has 0 atom stereocenters. The van der Waals surface area contributed by atoms with Crippen LogP contribution in [0.15, 0.2) is 18.2 Å². The van der Waals surface area contributed by atoms with Crippen molar-refractivity contribution in [3.05, 3.63) is 28.9 Å². The van der Waals surface area contributed by atoms with Crippen molar-refractivity contribution in [2.75, 3.05) is 44.9 Å². The smallest absolute Gasteiger partial charge is 0.136 e. The van der Waals surface area contributed by atoms with Gasteiger partial charge in [0.25, 0.3) is 0 Å². The Kier molecular flexibility index (Phi) is 5.99. The third-order valence-corrected chi connectivity index (χ3v) is 4.71. The molecule has 0 aliphatic carbocycles. The van der Waals surface area contributed by atoms with E-state index in [1.54, 1.807) is 7.11 Å². The first kappa shape index (κ1) is 18.2. The van der Waals surface area contributed by atoms with Crippen LogP contribution < -0.4 is 15.0 Å². The number of anilines is 1. The number of ether oxygens (including phenoxy) is 2. The summed E-state index contributed by atoms with van der Waals surface area (Å²) in [5.74, 6) is 1.41. The Hall–Kier alpha value is -1.56. The van der Waals surface area contributed by atoms with Crippen molar-refractivity contribution in [3.63, 3.8) is 0 Å². The Balaban J connectivity index is 2.08. The maximum absolute atomic E-state index is 6.58. The number of methoxy groups -OCH3 is 1. The molecular formula is C19H26ClN3O2. The Morgan fingerprint density at radius 3 is 2.76 bits per heavy atom. The molecule has 0 unspecified atom stereocenters. The Morgan fingerprint density at radius 2 is 2.08 bits per heavy atom. The molecule has 1 aromatic carbocycles. The fourth-order valence-electron chi connectivity index (χ4n) is 3.15. The molecule has 1 aliphatic heterocycles. The van der Waals surface area contributed by atoms with Crippen LogP contribution in [-0.4, -0.2) is 44.9 Å². The number of rotatable bonds is 6. The molecule has 136 valence electrons. The van der Waals surface area contributed by atoms with Crippen molar-refractivity contribution in [3.8, 4) is 5.75 Å².